The minimum Gasteiger partial charge on any atom is -0.303 e. The van der Waals surface area contributed by atoms with E-state index in [0.717, 1.165) is 18.9 Å². The first-order chi connectivity index (χ1) is 10.3. The zero-order valence-corrected chi connectivity index (χ0v) is 13.4. The Morgan fingerprint density at radius 2 is 2.10 bits per heavy atom. The molecule has 0 bridgehead atoms. The van der Waals surface area contributed by atoms with Crippen LogP contribution in [0.1, 0.15) is 12.1 Å². The maximum absolute atomic E-state index is 4.23. The summed E-state index contributed by atoms with van der Waals surface area (Å²) in [6.07, 6.45) is 4.33. The largest absolute Gasteiger partial charge is 0.303 e. The van der Waals surface area contributed by atoms with Gasteiger partial charge in [0.1, 0.15) is 0 Å². The van der Waals surface area contributed by atoms with E-state index in [1.807, 2.05) is 29.7 Å². The van der Waals surface area contributed by atoms with Crippen molar-refractivity contribution in [2.24, 2.45) is 13.0 Å². The number of nitrogens with zero attached hydrogens (tertiary/aromatic N) is 3. The molecular weight excluding hydrogens is 278 g/mol. The molecule has 112 valence electrons. The van der Waals surface area contributed by atoms with Crippen molar-refractivity contribution in [1.29, 1.82) is 0 Å². The van der Waals surface area contributed by atoms with Gasteiger partial charge in [0, 0.05) is 49.1 Å². The van der Waals surface area contributed by atoms with E-state index in [1.54, 1.807) is 0 Å². The van der Waals surface area contributed by atoms with Crippen LogP contribution in [0, 0.1) is 5.92 Å². The van der Waals surface area contributed by atoms with Gasteiger partial charge in [-0.1, -0.05) is 18.2 Å². The Bertz CT molecular complexity index is 552. The third-order valence-corrected chi connectivity index (χ3v) is 5.45. The summed E-state index contributed by atoms with van der Waals surface area (Å²) in [4.78, 5) is 3.99. The molecule has 3 rings (SSSR count). The molecule has 0 radical (unpaired) electrons. The van der Waals surface area contributed by atoms with Crippen LogP contribution in [-0.2, 0) is 13.5 Å². The SMILES string of the molecule is Cn1nccc1CCN1CC[C@@H](CSc2ccccc2)C1. The van der Waals surface area contributed by atoms with Gasteiger partial charge in [0.05, 0.1) is 0 Å². The molecule has 0 saturated carbocycles. The third-order valence-electron chi connectivity index (χ3n) is 4.21. The molecule has 1 saturated heterocycles. The van der Waals surface area contributed by atoms with E-state index in [2.05, 4.69) is 46.4 Å². The highest BCUT2D eigenvalue weighted by Crippen LogP contribution is 2.25. The van der Waals surface area contributed by atoms with Crippen LogP contribution in [0.4, 0.5) is 0 Å². The fourth-order valence-electron chi connectivity index (χ4n) is 2.90. The molecule has 1 aromatic heterocycles. The standard InChI is InChI=1S/C17H23N3S/c1-19-16(7-10-18-19)9-12-20-11-8-15(13-20)14-21-17-5-3-2-4-6-17/h2-7,10,15H,8-9,11-14H2,1H3/t15-/m1/s1. The zero-order valence-electron chi connectivity index (χ0n) is 12.6. The summed E-state index contributed by atoms with van der Waals surface area (Å²) in [6, 6.07) is 12.9. The highest BCUT2D eigenvalue weighted by molar-refractivity contribution is 7.99. The molecule has 0 unspecified atom stereocenters. The molecule has 1 fully saturated rings. The lowest BCUT2D eigenvalue weighted by Gasteiger charge is -2.15. The Morgan fingerprint density at radius 1 is 1.24 bits per heavy atom. The van der Waals surface area contributed by atoms with Gasteiger partial charge in [-0.05, 0) is 37.1 Å². The molecule has 0 amide bonds. The Balaban J connectivity index is 1.40. The topological polar surface area (TPSA) is 21.1 Å². The molecule has 3 nitrogen and oxygen atoms in total. The molecule has 1 aromatic carbocycles. The van der Waals surface area contributed by atoms with E-state index in [0.29, 0.717) is 0 Å². The van der Waals surface area contributed by atoms with Crippen molar-refractivity contribution in [3.05, 3.63) is 48.3 Å². The Hall–Kier alpha value is -1.26. The van der Waals surface area contributed by atoms with E-state index < -0.39 is 0 Å². The second-order valence-corrected chi connectivity index (χ2v) is 6.87. The summed E-state index contributed by atoms with van der Waals surface area (Å²) in [5.41, 5.74) is 1.33. The fourth-order valence-corrected chi connectivity index (χ4v) is 3.95. The average molecular weight is 301 g/mol. The number of likely N-dealkylation sites (tertiary alicyclic amines) is 1. The van der Waals surface area contributed by atoms with Crippen LogP contribution in [0.25, 0.3) is 0 Å². The van der Waals surface area contributed by atoms with Crippen LogP contribution in [0.15, 0.2) is 47.5 Å². The van der Waals surface area contributed by atoms with E-state index in [-0.39, 0.29) is 0 Å². The average Bonchev–Trinajstić information content (AvgIpc) is 3.13. The fraction of sp³-hybridized carbons (Fsp3) is 0.471. The Labute approximate surface area is 131 Å². The van der Waals surface area contributed by atoms with Crippen LogP contribution in [0.5, 0.6) is 0 Å². The lowest BCUT2D eigenvalue weighted by molar-refractivity contribution is 0.330. The van der Waals surface area contributed by atoms with Crippen molar-refractivity contribution >= 4 is 11.8 Å². The van der Waals surface area contributed by atoms with Crippen molar-refractivity contribution < 1.29 is 0 Å². The van der Waals surface area contributed by atoms with E-state index >= 15 is 0 Å². The van der Waals surface area contributed by atoms with Gasteiger partial charge in [-0.15, -0.1) is 11.8 Å². The number of hydrogen-bond donors (Lipinski definition) is 0. The van der Waals surface area contributed by atoms with Crippen LogP contribution >= 0.6 is 11.8 Å². The normalized spacial score (nSPS) is 19.2. The Morgan fingerprint density at radius 3 is 2.86 bits per heavy atom. The Kier molecular flexibility index (Phi) is 4.99. The number of hydrogen-bond acceptors (Lipinski definition) is 3. The van der Waals surface area contributed by atoms with E-state index in [1.165, 1.54) is 35.9 Å². The number of thioether (sulfide) groups is 1. The van der Waals surface area contributed by atoms with Crippen molar-refractivity contribution in [3.8, 4) is 0 Å². The monoisotopic (exact) mass is 301 g/mol. The number of aryl methyl sites for hydroxylation is 1. The van der Waals surface area contributed by atoms with Gasteiger partial charge in [-0.25, -0.2) is 0 Å². The van der Waals surface area contributed by atoms with Crippen molar-refractivity contribution in [3.63, 3.8) is 0 Å². The van der Waals surface area contributed by atoms with Crippen LogP contribution in [0.3, 0.4) is 0 Å². The van der Waals surface area contributed by atoms with Gasteiger partial charge >= 0.3 is 0 Å². The third kappa shape index (κ3) is 4.11. The van der Waals surface area contributed by atoms with E-state index in [4.69, 9.17) is 0 Å². The molecule has 21 heavy (non-hydrogen) atoms. The smallest absolute Gasteiger partial charge is 0.0492 e. The predicted molar refractivity (Wildman–Crippen MR) is 88.6 cm³/mol. The molecule has 4 heteroatoms. The first-order valence-electron chi connectivity index (χ1n) is 7.68. The van der Waals surface area contributed by atoms with Crippen molar-refractivity contribution in [1.82, 2.24) is 14.7 Å². The maximum Gasteiger partial charge on any atom is 0.0492 e. The summed E-state index contributed by atoms with van der Waals surface area (Å²) < 4.78 is 1.98. The van der Waals surface area contributed by atoms with Gasteiger partial charge in [0.2, 0.25) is 0 Å². The van der Waals surface area contributed by atoms with Gasteiger partial charge in [-0.3, -0.25) is 4.68 Å². The first kappa shape index (κ1) is 14.7. The highest BCUT2D eigenvalue weighted by Gasteiger charge is 2.22. The molecule has 1 atom stereocenters. The molecule has 0 spiro atoms. The van der Waals surface area contributed by atoms with Gasteiger partial charge in [-0.2, -0.15) is 5.10 Å². The van der Waals surface area contributed by atoms with Gasteiger partial charge < -0.3 is 4.90 Å². The van der Waals surface area contributed by atoms with Gasteiger partial charge in [0.25, 0.3) is 0 Å². The van der Waals surface area contributed by atoms with E-state index in [9.17, 15) is 0 Å². The predicted octanol–water partition coefficient (Wildman–Crippen LogP) is 3.08. The second kappa shape index (κ2) is 7.14. The zero-order chi connectivity index (χ0) is 14.5. The number of rotatable bonds is 6. The lowest BCUT2D eigenvalue weighted by Crippen LogP contribution is -2.24. The summed E-state index contributed by atoms with van der Waals surface area (Å²) in [5, 5.41) is 4.23. The van der Waals surface area contributed by atoms with Crippen LogP contribution < -0.4 is 0 Å². The molecule has 0 aliphatic carbocycles. The summed E-state index contributed by atoms with van der Waals surface area (Å²) in [5.74, 6) is 2.08. The minimum absolute atomic E-state index is 0.835. The molecule has 0 N–H and O–H groups in total. The van der Waals surface area contributed by atoms with Crippen LogP contribution in [-0.4, -0.2) is 40.1 Å². The molecule has 1 aliphatic heterocycles. The molecule has 2 aromatic rings. The summed E-state index contributed by atoms with van der Waals surface area (Å²) in [7, 11) is 2.03. The maximum atomic E-state index is 4.23. The van der Waals surface area contributed by atoms with Gasteiger partial charge in [0.15, 0.2) is 0 Å². The minimum atomic E-state index is 0.835. The number of aromatic nitrogens is 2. The summed E-state index contributed by atoms with van der Waals surface area (Å²) in [6.45, 7) is 3.65. The molecule has 1 aliphatic rings. The number of benzene rings is 1. The van der Waals surface area contributed by atoms with Crippen LogP contribution in [0.2, 0.25) is 0 Å². The second-order valence-electron chi connectivity index (χ2n) is 5.78. The quantitative estimate of drug-likeness (QED) is 0.765. The van der Waals surface area contributed by atoms with Crippen molar-refractivity contribution in [2.75, 3.05) is 25.4 Å². The lowest BCUT2D eigenvalue weighted by atomic mass is 10.2. The van der Waals surface area contributed by atoms with Crippen molar-refractivity contribution in [2.45, 2.75) is 17.7 Å². The first-order valence-corrected chi connectivity index (χ1v) is 8.67. The molecule has 2 heterocycles. The molecular formula is C17H23N3S. The summed E-state index contributed by atoms with van der Waals surface area (Å²) >= 11 is 2.00. The highest BCUT2D eigenvalue weighted by atomic mass is 32.2.